The number of benzene rings is 1. The number of carbonyl (C=O) groups excluding carboxylic acids is 1. The summed E-state index contributed by atoms with van der Waals surface area (Å²) in [6, 6.07) is 9.67. The Morgan fingerprint density at radius 1 is 1.14 bits per heavy atom. The molecular formula is C17H22N4O. The SMILES string of the molecule is CCc1ccccc1Nc1nccc(C(=O)N(CC)CC)n1. The van der Waals surface area contributed by atoms with Crippen LogP contribution in [0.4, 0.5) is 11.6 Å². The lowest BCUT2D eigenvalue weighted by Gasteiger charge is -2.18. The van der Waals surface area contributed by atoms with E-state index in [1.807, 2.05) is 32.0 Å². The molecule has 0 fully saturated rings. The maximum absolute atomic E-state index is 12.3. The Labute approximate surface area is 131 Å². The van der Waals surface area contributed by atoms with Gasteiger partial charge in [-0.2, -0.15) is 0 Å². The zero-order valence-electron chi connectivity index (χ0n) is 13.3. The standard InChI is InChI=1S/C17H22N4O/c1-4-13-9-7-8-10-14(13)19-17-18-12-11-15(20-17)16(22)21(5-2)6-3/h7-12H,4-6H2,1-3H3,(H,18,19,20). The fraction of sp³-hybridized carbons (Fsp3) is 0.353. The van der Waals surface area contributed by atoms with Gasteiger partial charge in [0, 0.05) is 25.0 Å². The first-order chi connectivity index (χ1) is 10.7. The summed E-state index contributed by atoms with van der Waals surface area (Å²) in [6.45, 7) is 7.35. The molecule has 1 N–H and O–H groups in total. The molecular weight excluding hydrogens is 276 g/mol. The number of nitrogens with zero attached hydrogens (tertiary/aromatic N) is 3. The Hall–Kier alpha value is -2.43. The van der Waals surface area contributed by atoms with Gasteiger partial charge in [-0.3, -0.25) is 4.79 Å². The molecule has 116 valence electrons. The Bertz CT molecular complexity index is 638. The fourth-order valence-corrected chi connectivity index (χ4v) is 2.28. The van der Waals surface area contributed by atoms with Gasteiger partial charge >= 0.3 is 0 Å². The summed E-state index contributed by atoms with van der Waals surface area (Å²) < 4.78 is 0. The van der Waals surface area contributed by atoms with E-state index in [2.05, 4.69) is 28.3 Å². The molecule has 1 aromatic heterocycles. The monoisotopic (exact) mass is 298 g/mol. The highest BCUT2D eigenvalue weighted by atomic mass is 16.2. The molecule has 0 saturated heterocycles. The van der Waals surface area contributed by atoms with Crippen LogP contribution in [0, 0.1) is 0 Å². The molecule has 5 nitrogen and oxygen atoms in total. The first-order valence-corrected chi connectivity index (χ1v) is 7.66. The van der Waals surface area contributed by atoms with Gasteiger partial charge in [0.05, 0.1) is 0 Å². The molecule has 0 radical (unpaired) electrons. The zero-order valence-corrected chi connectivity index (χ0v) is 13.3. The highest BCUT2D eigenvalue weighted by molar-refractivity contribution is 5.92. The normalized spacial score (nSPS) is 10.3. The zero-order chi connectivity index (χ0) is 15.9. The molecule has 5 heteroatoms. The molecule has 0 bridgehead atoms. The molecule has 1 heterocycles. The first kappa shape index (κ1) is 15.9. The Morgan fingerprint density at radius 2 is 1.86 bits per heavy atom. The first-order valence-electron chi connectivity index (χ1n) is 7.66. The van der Waals surface area contributed by atoms with Gasteiger partial charge in [0.1, 0.15) is 5.69 Å². The van der Waals surface area contributed by atoms with Crippen LogP contribution in [0.3, 0.4) is 0 Å². The number of aromatic nitrogens is 2. The van der Waals surface area contributed by atoms with E-state index in [9.17, 15) is 4.79 Å². The lowest BCUT2D eigenvalue weighted by molar-refractivity contribution is 0.0767. The Balaban J connectivity index is 2.23. The van der Waals surface area contributed by atoms with Crippen LogP contribution in [-0.4, -0.2) is 33.9 Å². The van der Waals surface area contributed by atoms with E-state index in [0.717, 1.165) is 12.1 Å². The molecule has 1 amide bonds. The molecule has 0 atom stereocenters. The fourth-order valence-electron chi connectivity index (χ4n) is 2.28. The minimum atomic E-state index is -0.0702. The minimum Gasteiger partial charge on any atom is -0.338 e. The van der Waals surface area contributed by atoms with Gasteiger partial charge in [-0.05, 0) is 38.0 Å². The smallest absolute Gasteiger partial charge is 0.272 e. The summed E-state index contributed by atoms with van der Waals surface area (Å²) in [4.78, 5) is 22.6. The summed E-state index contributed by atoms with van der Waals surface area (Å²) in [5.41, 5.74) is 2.57. The molecule has 2 aromatic rings. The topological polar surface area (TPSA) is 58.1 Å². The third-order valence-electron chi connectivity index (χ3n) is 3.57. The quantitative estimate of drug-likeness (QED) is 0.889. The van der Waals surface area contributed by atoms with Crippen molar-refractivity contribution in [3.8, 4) is 0 Å². The molecule has 1 aromatic carbocycles. The van der Waals surface area contributed by atoms with Gasteiger partial charge in [0.15, 0.2) is 0 Å². The van der Waals surface area contributed by atoms with Gasteiger partial charge in [0.2, 0.25) is 5.95 Å². The van der Waals surface area contributed by atoms with Gasteiger partial charge in [-0.25, -0.2) is 9.97 Å². The number of aryl methyl sites for hydroxylation is 1. The highest BCUT2D eigenvalue weighted by Gasteiger charge is 2.14. The number of hydrogen-bond donors (Lipinski definition) is 1. The molecule has 22 heavy (non-hydrogen) atoms. The predicted molar refractivity (Wildman–Crippen MR) is 88.4 cm³/mol. The number of rotatable bonds is 6. The van der Waals surface area contributed by atoms with Crippen LogP contribution in [0.5, 0.6) is 0 Å². The van der Waals surface area contributed by atoms with Crippen LogP contribution in [0.25, 0.3) is 0 Å². The Morgan fingerprint density at radius 3 is 2.55 bits per heavy atom. The summed E-state index contributed by atoms with van der Waals surface area (Å²) in [7, 11) is 0. The van der Waals surface area contributed by atoms with Crippen molar-refractivity contribution in [2.45, 2.75) is 27.2 Å². The lowest BCUT2D eigenvalue weighted by atomic mass is 10.1. The van der Waals surface area contributed by atoms with Gasteiger partial charge in [0.25, 0.3) is 5.91 Å². The van der Waals surface area contributed by atoms with Crippen LogP contribution in [0.1, 0.15) is 36.8 Å². The van der Waals surface area contributed by atoms with Crippen molar-refractivity contribution in [3.63, 3.8) is 0 Å². The third-order valence-corrected chi connectivity index (χ3v) is 3.57. The minimum absolute atomic E-state index is 0.0702. The lowest BCUT2D eigenvalue weighted by Crippen LogP contribution is -2.31. The van der Waals surface area contributed by atoms with Crippen molar-refractivity contribution in [1.82, 2.24) is 14.9 Å². The number of nitrogens with one attached hydrogen (secondary N) is 1. The van der Waals surface area contributed by atoms with E-state index in [-0.39, 0.29) is 5.91 Å². The maximum atomic E-state index is 12.3. The summed E-state index contributed by atoms with van der Waals surface area (Å²) in [5.74, 6) is 0.373. The van der Waals surface area contributed by atoms with Crippen molar-refractivity contribution < 1.29 is 4.79 Å². The molecule has 0 aliphatic rings. The van der Waals surface area contributed by atoms with E-state index in [0.29, 0.717) is 24.7 Å². The second kappa shape index (κ2) is 7.54. The second-order valence-electron chi connectivity index (χ2n) is 4.88. The number of anilines is 2. The summed E-state index contributed by atoms with van der Waals surface area (Å²) in [5, 5.41) is 3.20. The number of para-hydroxylation sites is 1. The molecule has 0 saturated carbocycles. The molecule has 0 aliphatic heterocycles. The van der Waals surface area contributed by atoms with E-state index in [4.69, 9.17) is 0 Å². The molecule has 2 rings (SSSR count). The van der Waals surface area contributed by atoms with Crippen LogP contribution >= 0.6 is 0 Å². The third kappa shape index (κ3) is 3.61. The van der Waals surface area contributed by atoms with Crippen LogP contribution in [0.15, 0.2) is 36.5 Å². The van der Waals surface area contributed by atoms with Crippen molar-refractivity contribution in [2.24, 2.45) is 0 Å². The van der Waals surface area contributed by atoms with Crippen molar-refractivity contribution >= 4 is 17.5 Å². The largest absolute Gasteiger partial charge is 0.338 e. The highest BCUT2D eigenvalue weighted by Crippen LogP contribution is 2.19. The van der Waals surface area contributed by atoms with Gasteiger partial charge < -0.3 is 10.2 Å². The number of amides is 1. The average molecular weight is 298 g/mol. The van der Waals surface area contributed by atoms with Crippen LogP contribution < -0.4 is 5.32 Å². The predicted octanol–water partition coefficient (Wildman–Crippen LogP) is 3.26. The molecule has 0 spiro atoms. The summed E-state index contributed by atoms with van der Waals surface area (Å²) >= 11 is 0. The van der Waals surface area contributed by atoms with E-state index in [1.54, 1.807) is 17.2 Å². The van der Waals surface area contributed by atoms with Crippen molar-refractivity contribution in [1.29, 1.82) is 0 Å². The summed E-state index contributed by atoms with van der Waals surface area (Å²) in [6.07, 6.45) is 2.53. The van der Waals surface area contributed by atoms with Gasteiger partial charge in [-0.15, -0.1) is 0 Å². The van der Waals surface area contributed by atoms with Crippen LogP contribution in [-0.2, 0) is 6.42 Å². The van der Waals surface area contributed by atoms with Crippen molar-refractivity contribution in [2.75, 3.05) is 18.4 Å². The Kier molecular flexibility index (Phi) is 5.47. The maximum Gasteiger partial charge on any atom is 0.272 e. The molecule has 0 unspecified atom stereocenters. The number of carbonyl (C=O) groups is 1. The van der Waals surface area contributed by atoms with Crippen molar-refractivity contribution in [3.05, 3.63) is 47.8 Å². The van der Waals surface area contributed by atoms with E-state index < -0.39 is 0 Å². The van der Waals surface area contributed by atoms with Crippen LogP contribution in [0.2, 0.25) is 0 Å². The van der Waals surface area contributed by atoms with E-state index >= 15 is 0 Å². The number of hydrogen-bond acceptors (Lipinski definition) is 4. The second-order valence-corrected chi connectivity index (χ2v) is 4.88. The average Bonchev–Trinajstić information content (AvgIpc) is 2.56. The molecule has 0 aliphatic carbocycles. The van der Waals surface area contributed by atoms with E-state index in [1.165, 1.54) is 5.56 Å². The van der Waals surface area contributed by atoms with Gasteiger partial charge in [-0.1, -0.05) is 25.1 Å².